The van der Waals surface area contributed by atoms with Crippen molar-refractivity contribution in [2.45, 2.75) is 36.0 Å². The molecule has 2 rings (SSSR count). The van der Waals surface area contributed by atoms with E-state index in [1.807, 2.05) is 40.9 Å². The Balaban J connectivity index is 1.83. The average molecular weight is 299 g/mol. The molecular weight excluding hydrogens is 280 g/mol. The molecule has 0 bridgehead atoms. The molecule has 1 aliphatic heterocycles. The van der Waals surface area contributed by atoms with Gasteiger partial charge in [-0.3, -0.25) is 4.79 Å². The summed E-state index contributed by atoms with van der Waals surface area (Å²) in [6.45, 7) is 3.37. The molecule has 0 saturated carbocycles. The number of rotatable bonds is 3. The van der Waals surface area contributed by atoms with Gasteiger partial charge in [0.15, 0.2) is 0 Å². The highest BCUT2D eigenvalue weighted by atomic mass is 35.5. The van der Waals surface area contributed by atoms with E-state index in [4.69, 9.17) is 17.3 Å². The van der Waals surface area contributed by atoms with E-state index in [-0.39, 0.29) is 11.9 Å². The summed E-state index contributed by atoms with van der Waals surface area (Å²) in [5, 5.41) is 1.33. The fourth-order valence-electron chi connectivity index (χ4n) is 2.19. The molecule has 2 N–H and O–H groups in total. The minimum Gasteiger partial charge on any atom is -0.341 e. The third-order valence-corrected chi connectivity index (χ3v) is 4.86. The largest absolute Gasteiger partial charge is 0.341 e. The maximum atomic E-state index is 11.8. The number of nitrogens with zero attached hydrogens (tertiary/aromatic N) is 1. The normalized spacial score (nSPS) is 18.4. The topological polar surface area (TPSA) is 46.3 Å². The van der Waals surface area contributed by atoms with Crippen LogP contribution in [0.25, 0.3) is 0 Å². The Morgan fingerprint density at radius 1 is 1.37 bits per heavy atom. The molecule has 0 unspecified atom stereocenters. The van der Waals surface area contributed by atoms with Crippen molar-refractivity contribution in [3.05, 3.63) is 29.3 Å². The Morgan fingerprint density at radius 3 is 2.47 bits per heavy atom. The molecule has 0 aromatic heterocycles. The van der Waals surface area contributed by atoms with Crippen LogP contribution in [0.15, 0.2) is 29.2 Å². The quantitative estimate of drug-likeness (QED) is 0.933. The third kappa shape index (κ3) is 4.13. The SMILES string of the molecule is C[C@H](N)C(=O)N1CCC(Sc2ccc(Cl)cc2)CC1. The molecular formula is C14H19ClN2OS. The van der Waals surface area contributed by atoms with Crippen molar-refractivity contribution >= 4 is 29.3 Å². The molecule has 5 heteroatoms. The molecule has 1 heterocycles. The number of benzene rings is 1. The van der Waals surface area contributed by atoms with Crippen LogP contribution in [0.2, 0.25) is 5.02 Å². The number of nitrogens with two attached hydrogens (primary N) is 1. The molecule has 0 spiro atoms. The molecule has 1 atom stereocenters. The summed E-state index contributed by atoms with van der Waals surface area (Å²) in [6.07, 6.45) is 2.04. The summed E-state index contributed by atoms with van der Waals surface area (Å²) >= 11 is 7.74. The highest BCUT2D eigenvalue weighted by Gasteiger charge is 2.24. The Bertz CT molecular complexity index is 428. The second-order valence-corrected chi connectivity index (χ2v) is 6.70. The van der Waals surface area contributed by atoms with Gasteiger partial charge in [-0.05, 0) is 44.0 Å². The first-order valence-electron chi connectivity index (χ1n) is 6.53. The van der Waals surface area contributed by atoms with Crippen LogP contribution >= 0.6 is 23.4 Å². The molecule has 0 aliphatic carbocycles. The molecule has 1 aromatic rings. The second-order valence-electron chi connectivity index (χ2n) is 4.89. The van der Waals surface area contributed by atoms with E-state index >= 15 is 0 Å². The van der Waals surface area contributed by atoms with Gasteiger partial charge < -0.3 is 10.6 Å². The van der Waals surface area contributed by atoms with Crippen LogP contribution < -0.4 is 5.73 Å². The first-order valence-corrected chi connectivity index (χ1v) is 7.78. The molecule has 1 amide bonds. The zero-order valence-electron chi connectivity index (χ0n) is 11.0. The maximum absolute atomic E-state index is 11.8. The van der Waals surface area contributed by atoms with Gasteiger partial charge in [0.2, 0.25) is 5.91 Å². The molecule has 1 fully saturated rings. The average Bonchev–Trinajstić information content (AvgIpc) is 2.41. The Kier molecular flexibility index (Phi) is 5.13. The van der Waals surface area contributed by atoms with Crippen molar-refractivity contribution in [1.82, 2.24) is 4.90 Å². The van der Waals surface area contributed by atoms with E-state index in [0.29, 0.717) is 5.25 Å². The second kappa shape index (κ2) is 6.64. The highest BCUT2D eigenvalue weighted by Crippen LogP contribution is 2.31. The summed E-state index contributed by atoms with van der Waals surface area (Å²) in [6, 6.07) is 7.54. The van der Waals surface area contributed by atoms with Crippen LogP contribution in [-0.2, 0) is 4.79 Å². The lowest BCUT2D eigenvalue weighted by molar-refractivity contribution is -0.132. The molecule has 19 heavy (non-hydrogen) atoms. The number of likely N-dealkylation sites (tertiary alicyclic amines) is 1. The van der Waals surface area contributed by atoms with Crippen LogP contribution in [0, 0.1) is 0 Å². The molecule has 1 saturated heterocycles. The third-order valence-electron chi connectivity index (χ3n) is 3.26. The maximum Gasteiger partial charge on any atom is 0.239 e. The minimum atomic E-state index is -0.388. The van der Waals surface area contributed by atoms with Crippen LogP contribution in [0.3, 0.4) is 0 Å². The number of hydrogen-bond acceptors (Lipinski definition) is 3. The summed E-state index contributed by atoms with van der Waals surface area (Å²) < 4.78 is 0. The van der Waals surface area contributed by atoms with Gasteiger partial charge in [0.25, 0.3) is 0 Å². The predicted octanol–water partition coefficient (Wildman–Crippen LogP) is 2.77. The van der Waals surface area contributed by atoms with Crippen LogP contribution in [-0.4, -0.2) is 35.2 Å². The molecule has 104 valence electrons. The van der Waals surface area contributed by atoms with Crippen molar-refractivity contribution in [2.75, 3.05) is 13.1 Å². The summed E-state index contributed by atoms with van der Waals surface area (Å²) in [7, 11) is 0. The lowest BCUT2D eigenvalue weighted by atomic mass is 10.1. The van der Waals surface area contributed by atoms with Gasteiger partial charge in [0, 0.05) is 28.3 Å². The van der Waals surface area contributed by atoms with Crippen molar-refractivity contribution < 1.29 is 4.79 Å². The van der Waals surface area contributed by atoms with E-state index in [2.05, 4.69) is 0 Å². The van der Waals surface area contributed by atoms with Crippen molar-refractivity contribution in [3.63, 3.8) is 0 Å². The monoisotopic (exact) mass is 298 g/mol. The highest BCUT2D eigenvalue weighted by molar-refractivity contribution is 8.00. The lowest BCUT2D eigenvalue weighted by Crippen LogP contribution is -2.46. The molecule has 1 aromatic carbocycles. The fourth-order valence-corrected chi connectivity index (χ4v) is 3.44. The summed E-state index contributed by atoms with van der Waals surface area (Å²) in [5.41, 5.74) is 5.63. The first-order chi connectivity index (χ1) is 9.06. The molecule has 1 aliphatic rings. The van der Waals surface area contributed by atoms with Gasteiger partial charge in [0.05, 0.1) is 6.04 Å². The van der Waals surface area contributed by atoms with Gasteiger partial charge in [0.1, 0.15) is 0 Å². The van der Waals surface area contributed by atoms with Gasteiger partial charge in [-0.2, -0.15) is 0 Å². The van der Waals surface area contributed by atoms with Gasteiger partial charge >= 0.3 is 0 Å². The number of hydrogen-bond donors (Lipinski definition) is 1. The summed E-state index contributed by atoms with van der Waals surface area (Å²) in [4.78, 5) is 14.9. The number of halogens is 1. The van der Waals surface area contributed by atoms with Gasteiger partial charge in [-0.15, -0.1) is 11.8 Å². The Hall–Kier alpha value is -0.710. The molecule has 0 radical (unpaired) electrons. The molecule has 3 nitrogen and oxygen atoms in total. The zero-order chi connectivity index (χ0) is 13.8. The predicted molar refractivity (Wildman–Crippen MR) is 80.6 cm³/mol. The summed E-state index contributed by atoms with van der Waals surface area (Å²) in [5.74, 6) is 0.0648. The smallest absolute Gasteiger partial charge is 0.239 e. The standard InChI is InChI=1S/C14H19ClN2OS/c1-10(16)14(18)17-8-6-13(7-9-17)19-12-4-2-11(15)3-5-12/h2-5,10,13H,6-9,16H2,1H3/t10-/m0/s1. The van der Waals surface area contributed by atoms with Crippen LogP contribution in [0.4, 0.5) is 0 Å². The minimum absolute atomic E-state index is 0.0648. The van der Waals surface area contributed by atoms with E-state index in [9.17, 15) is 4.79 Å². The van der Waals surface area contributed by atoms with Gasteiger partial charge in [-0.1, -0.05) is 11.6 Å². The number of carbonyl (C=O) groups is 1. The Labute approximate surface area is 123 Å². The van der Waals surface area contributed by atoms with Crippen LogP contribution in [0.5, 0.6) is 0 Å². The Morgan fingerprint density at radius 2 is 1.95 bits per heavy atom. The van der Waals surface area contributed by atoms with Crippen molar-refractivity contribution in [1.29, 1.82) is 0 Å². The van der Waals surface area contributed by atoms with E-state index in [1.165, 1.54) is 4.90 Å². The number of carbonyl (C=O) groups excluding carboxylic acids is 1. The number of thioether (sulfide) groups is 1. The zero-order valence-corrected chi connectivity index (χ0v) is 12.6. The lowest BCUT2D eigenvalue weighted by Gasteiger charge is -2.32. The number of piperidine rings is 1. The van der Waals surface area contributed by atoms with Crippen molar-refractivity contribution in [2.24, 2.45) is 5.73 Å². The van der Waals surface area contributed by atoms with E-state index < -0.39 is 0 Å². The number of amides is 1. The van der Waals surface area contributed by atoms with Crippen LogP contribution in [0.1, 0.15) is 19.8 Å². The fraction of sp³-hybridized carbons (Fsp3) is 0.500. The van der Waals surface area contributed by atoms with E-state index in [0.717, 1.165) is 31.0 Å². The van der Waals surface area contributed by atoms with Crippen molar-refractivity contribution in [3.8, 4) is 0 Å². The van der Waals surface area contributed by atoms with Gasteiger partial charge in [-0.25, -0.2) is 0 Å². The van der Waals surface area contributed by atoms with E-state index in [1.54, 1.807) is 6.92 Å². The first kappa shape index (κ1) is 14.7.